The Morgan fingerprint density at radius 1 is 1.31 bits per heavy atom. The second kappa shape index (κ2) is 4.75. The zero-order chi connectivity index (χ0) is 9.73. The highest BCUT2D eigenvalue weighted by Gasteiger charge is 2.31. The molecule has 1 aliphatic rings. The molecule has 0 amide bonds. The maximum absolute atomic E-state index is 10.9. The van der Waals surface area contributed by atoms with E-state index in [1.807, 2.05) is 0 Å². The van der Waals surface area contributed by atoms with Gasteiger partial charge in [-0.15, -0.1) is 0 Å². The van der Waals surface area contributed by atoms with Gasteiger partial charge in [0.2, 0.25) is 0 Å². The Morgan fingerprint density at radius 3 is 2.38 bits per heavy atom. The maximum Gasteiger partial charge on any atom is 0.129 e. The normalized spacial score (nSPS) is 21.4. The zero-order valence-electron chi connectivity index (χ0n) is 8.77. The first-order valence-corrected chi connectivity index (χ1v) is 5.23. The van der Waals surface area contributed by atoms with Crippen LogP contribution in [0.2, 0.25) is 0 Å². The third-order valence-corrected chi connectivity index (χ3v) is 3.13. The summed E-state index contributed by atoms with van der Waals surface area (Å²) < 4.78 is 5.58. The number of hydrogen-bond acceptors (Lipinski definition) is 2. The second-order valence-corrected chi connectivity index (χ2v) is 4.15. The van der Waals surface area contributed by atoms with Crippen LogP contribution in [0.3, 0.4) is 0 Å². The molecule has 0 aromatic carbocycles. The van der Waals surface area contributed by atoms with Crippen LogP contribution in [0, 0.1) is 0 Å². The van der Waals surface area contributed by atoms with Crippen molar-refractivity contribution >= 4 is 5.78 Å². The van der Waals surface area contributed by atoms with Crippen molar-refractivity contribution in [2.75, 3.05) is 7.11 Å². The van der Waals surface area contributed by atoms with Gasteiger partial charge in [0.1, 0.15) is 5.78 Å². The smallest absolute Gasteiger partial charge is 0.129 e. The molecule has 1 aliphatic carbocycles. The quantitative estimate of drug-likeness (QED) is 0.671. The predicted molar refractivity (Wildman–Crippen MR) is 52.7 cm³/mol. The van der Waals surface area contributed by atoms with E-state index in [9.17, 15) is 4.79 Å². The lowest BCUT2D eigenvalue weighted by Crippen LogP contribution is -2.34. The first kappa shape index (κ1) is 10.7. The minimum atomic E-state index is 0.0317. The molecule has 1 fully saturated rings. The van der Waals surface area contributed by atoms with Gasteiger partial charge < -0.3 is 9.53 Å². The van der Waals surface area contributed by atoms with E-state index in [4.69, 9.17) is 4.74 Å². The number of Topliss-reactive ketones (excluding diaryl/α,β-unsaturated/α-hetero) is 1. The van der Waals surface area contributed by atoms with Gasteiger partial charge in [-0.25, -0.2) is 0 Å². The standard InChI is InChI=1S/C11H20O2/c1-10(12)6-9-11(13-2)7-4-3-5-8-11/h3-9H2,1-2H3. The average molecular weight is 184 g/mol. The third-order valence-electron chi connectivity index (χ3n) is 3.13. The average Bonchev–Trinajstić information content (AvgIpc) is 2.16. The summed E-state index contributed by atoms with van der Waals surface area (Å²) in [4.78, 5) is 10.9. The van der Waals surface area contributed by atoms with Crippen molar-refractivity contribution in [3.05, 3.63) is 0 Å². The molecule has 13 heavy (non-hydrogen) atoms. The fourth-order valence-electron chi connectivity index (χ4n) is 2.16. The molecule has 2 nitrogen and oxygen atoms in total. The molecule has 0 spiro atoms. The number of hydrogen-bond donors (Lipinski definition) is 0. The van der Waals surface area contributed by atoms with E-state index >= 15 is 0 Å². The summed E-state index contributed by atoms with van der Waals surface area (Å²) in [6.07, 6.45) is 7.70. The van der Waals surface area contributed by atoms with Crippen LogP contribution in [0.5, 0.6) is 0 Å². The lowest BCUT2D eigenvalue weighted by atomic mass is 9.81. The summed E-state index contributed by atoms with van der Waals surface area (Å²) >= 11 is 0. The van der Waals surface area contributed by atoms with Gasteiger partial charge in [0.15, 0.2) is 0 Å². The van der Waals surface area contributed by atoms with E-state index in [1.54, 1.807) is 14.0 Å². The number of methoxy groups -OCH3 is 1. The van der Waals surface area contributed by atoms with E-state index < -0.39 is 0 Å². The van der Waals surface area contributed by atoms with E-state index in [2.05, 4.69) is 0 Å². The highest BCUT2D eigenvalue weighted by Crippen LogP contribution is 2.34. The Balaban J connectivity index is 2.42. The molecule has 76 valence electrons. The summed E-state index contributed by atoms with van der Waals surface area (Å²) in [5.41, 5.74) is 0.0317. The molecule has 0 heterocycles. The Labute approximate surface area is 80.7 Å². The minimum Gasteiger partial charge on any atom is -0.378 e. The van der Waals surface area contributed by atoms with Crippen LogP contribution < -0.4 is 0 Å². The van der Waals surface area contributed by atoms with E-state index in [-0.39, 0.29) is 11.4 Å². The fourth-order valence-corrected chi connectivity index (χ4v) is 2.16. The van der Waals surface area contributed by atoms with Crippen LogP contribution >= 0.6 is 0 Å². The van der Waals surface area contributed by atoms with Gasteiger partial charge in [-0.2, -0.15) is 0 Å². The maximum atomic E-state index is 10.9. The SMILES string of the molecule is COC1(CCC(C)=O)CCCCC1. The van der Waals surface area contributed by atoms with Gasteiger partial charge in [-0.3, -0.25) is 0 Å². The van der Waals surface area contributed by atoms with Gasteiger partial charge in [-0.1, -0.05) is 19.3 Å². The van der Waals surface area contributed by atoms with Crippen LogP contribution in [0.1, 0.15) is 51.9 Å². The topological polar surface area (TPSA) is 26.3 Å². The molecular formula is C11H20O2. The molecule has 0 aliphatic heterocycles. The Kier molecular flexibility index (Phi) is 3.91. The third kappa shape index (κ3) is 3.11. The van der Waals surface area contributed by atoms with Crippen molar-refractivity contribution in [3.8, 4) is 0 Å². The predicted octanol–water partition coefficient (Wildman–Crippen LogP) is 2.70. The summed E-state index contributed by atoms with van der Waals surface area (Å²) in [7, 11) is 1.78. The molecule has 1 saturated carbocycles. The van der Waals surface area contributed by atoms with Crippen molar-refractivity contribution in [1.29, 1.82) is 0 Å². The molecule has 0 bridgehead atoms. The molecule has 0 radical (unpaired) electrons. The molecular weight excluding hydrogens is 164 g/mol. The van der Waals surface area contributed by atoms with Crippen LogP contribution in [-0.4, -0.2) is 18.5 Å². The van der Waals surface area contributed by atoms with Gasteiger partial charge in [0.05, 0.1) is 5.60 Å². The van der Waals surface area contributed by atoms with E-state index in [0.717, 1.165) is 19.3 Å². The molecule has 0 aromatic heterocycles. The lowest BCUT2D eigenvalue weighted by molar-refractivity contribution is -0.119. The van der Waals surface area contributed by atoms with Crippen molar-refractivity contribution in [3.63, 3.8) is 0 Å². The molecule has 0 aromatic rings. The zero-order valence-corrected chi connectivity index (χ0v) is 8.77. The number of carbonyl (C=O) groups excluding carboxylic acids is 1. The highest BCUT2D eigenvalue weighted by atomic mass is 16.5. The number of ether oxygens (including phenoxy) is 1. The summed E-state index contributed by atoms with van der Waals surface area (Å²) in [6, 6.07) is 0. The monoisotopic (exact) mass is 184 g/mol. The van der Waals surface area contributed by atoms with Crippen LogP contribution in [-0.2, 0) is 9.53 Å². The fraction of sp³-hybridized carbons (Fsp3) is 0.909. The minimum absolute atomic E-state index is 0.0317. The van der Waals surface area contributed by atoms with Crippen molar-refractivity contribution in [2.45, 2.75) is 57.5 Å². The van der Waals surface area contributed by atoms with Crippen molar-refractivity contribution < 1.29 is 9.53 Å². The molecule has 2 heteroatoms. The van der Waals surface area contributed by atoms with Crippen LogP contribution in [0.25, 0.3) is 0 Å². The van der Waals surface area contributed by atoms with Gasteiger partial charge >= 0.3 is 0 Å². The summed E-state index contributed by atoms with van der Waals surface area (Å²) in [5, 5.41) is 0. The van der Waals surface area contributed by atoms with Crippen LogP contribution in [0.4, 0.5) is 0 Å². The van der Waals surface area contributed by atoms with Gasteiger partial charge in [0.25, 0.3) is 0 Å². The Hall–Kier alpha value is -0.370. The number of rotatable bonds is 4. The highest BCUT2D eigenvalue weighted by molar-refractivity contribution is 5.75. The van der Waals surface area contributed by atoms with Crippen molar-refractivity contribution in [1.82, 2.24) is 0 Å². The molecule has 0 unspecified atom stereocenters. The van der Waals surface area contributed by atoms with E-state index in [1.165, 1.54) is 19.3 Å². The molecule has 0 saturated heterocycles. The Bertz CT molecular complexity index is 169. The van der Waals surface area contributed by atoms with Gasteiger partial charge in [0, 0.05) is 13.5 Å². The first-order chi connectivity index (χ1) is 6.18. The number of carbonyl (C=O) groups is 1. The summed E-state index contributed by atoms with van der Waals surface area (Å²) in [5.74, 6) is 0.280. The van der Waals surface area contributed by atoms with E-state index in [0.29, 0.717) is 6.42 Å². The lowest BCUT2D eigenvalue weighted by Gasteiger charge is -2.35. The van der Waals surface area contributed by atoms with Crippen molar-refractivity contribution in [2.24, 2.45) is 0 Å². The molecule has 0 N–H and O–H groups in total. The summed E-state index contributed by atoms with van der Waals surface area (Å²) in [6.45, 7) is 1.66. The Morgan fingerprint density at radius 2 is 1.92 bits per heavy atom. The second-order valence-electron chi connectivity index (χ2n) is 4.15. The largest absolute Gasteiger partial charge is 0.378 e. The molecule has 1 rings (SSSR count). The number of ketones is 1. The van der Waals surface area contributed by atoms with Crippen LogP contribution in [0.15, 0.2) is 0 Å². The van der Waals surface area contributed by atoms with Gasteiger partial charge in [-0.05, 0) is 26.2 Å². The first-order valence-electron chi connectivity index (χ1n) is 5.23. The molecule has 0 atom stereocenters.